The van der Waals surface area contributed by atoms with E-state index in [4.69, 9.17) is 22.3 Å². The Bertz CT molecular complexity index is 476. The average molecular weight is 291 g/mol. The summed E-state index contributed by atoms with van der Waals surface area (Å²) in [5, 5.41) is 0.114. The van der Waals surface area contributed by atoms with Gasteiger partial charge in [0.05, 0.1) is 0 Å². The van der Waals surface area contributed by atoms with Crippen molar-refractivity contribution in [2.75, 3.05) is 6.61 Å². The van der Waals surface area contributed by atoms with E-state index in [-0.39, 0.29) is 10.8 Å². The quantitative estimate of drug-likeness (QED) is 0.801. The molecule has 1 rings (SSSR count). The molecular formula is C8H6Cl2F2O3S. The Labute approximate surface area is 100 Å². The van der Waals surface area contributed by atoms with Gasteiger partial charge in [-0.2, -0.15) is 0 Å². The van der Waals surface area contributed by atoms with Crippen molar-refractivity contribution >= 4 is 31.3 Å². The zero-order valence-corrected chi connectivity index (χ0v) is 9.99. The third-order valence-corrected chi connectivity index (χ3v) is 3.11. The number of benzene rings is 1. The van der Waals surface area contributed by atoms with Crippen LogP contribution in [0.25, 0.3) is 0 Å². The summed E-state index contributed by atoms with van der Waals surface area (Å²) in [4.78, 5) is -0.428. The molecule has 0 atom stereocenters. The molecule has 0 fully saturated rings. The van der Waals surface area contributed by atoms with E-state index in [1.54, 1.807) is 0 Å². The van der Waals surface area contributed by atoms with Crippen LogP contribution in [-0.4, -0.2) is 21.5 Å². The molecule has 1 aromatic rings. The Morgan fingerprint density at radius 1 is 1.38 bits per heavy atom. The summed E-state index contributed by atoms with van der Waals surface area (Å²) in [6.07, 6.45) is -2.71. The fourth-order valence-corrected chi connectivity index (χ4v) is 2.18. The summed E-state index contributed by atoms with van der Waals surface area (Å²) in [7, 11) is 1.01. The van der Waals surface area contributed by atoms with Crippen LogP contribution in [0.4, 0.5) is 8.78 Å². The van der Waals surface area contributed by atoms with Crippen LogP contribution < -0.4 is 4.74 Å². The van der Waals surface area contributed by atoms with Gasteiger partial charge in [-0.3, -0.25) is 0 Å². The van der Waals surface area contributed by atoms with E-state index in [9.17, 15) is 17.2 Å². The molecule has 0 saturated heterocycles. The Morgan fingerprint density at radius 2 is 2.00 bits per heavy atom. The highest BCUT2D eigenvalue weighted by atomic mass is 35.7. The van der Waals surface area contributed by atoms with E-state index in [0.717, 1.165) is 6.07 Å². The Balaban J connectivity index is 3.09. The molecule has 0 unspecified atom stereocenters. The van der Waals surface area contributed by atoms with Gasteiger partial charge in [0.15, 0.2) is 0 Å². The van der Waals surface area contributed by atoms with Crippen LogP contribution in [-0.2, 0) is 9.05 Å². The van der Waals surface area contributed by atoms with Crippen molar-refractivity contribution in [3.63, 3.8) is 0 Å². The van der Waals surface area contributed by atoms with Crippen molar-refractivity contribution in [2.45, 2.75) is 11.3 Å². The first kappa shape index (κ1) is 13.5. The highest BCUT2D eigenvalue weighted by Gasteiger charge is 2.18. The monoisotopic (exact) mass is 290 g/mol. The molecule has 0 spiro atoms. The predicted molar refractivity (Wildman–Crippen MR) is 56.0 cm³/mol. The molecule has 0 radical (unpaired) electrons. The molecule has 0 aliphatic heterocycles. The van der Waals surface area contributed by atoms with Crippen LogP contribution in [0.3, 0.4) is 0 Å². The molecule has 0 aromatic heterocycles. The lowest BCUT2D eigenvalue weighted by atomic mass is 10.3. The minimum Gasteiger partial charge on any atom is -0.486 e. The highest BCUT2D eigenvalue weighted by Crippen LogP contribution is 2.30. The second kappa shape index (κ2) is 5.16. The molecule has 0 heterocycles. The van der Waals surface area contributed by atoms with Crippen LogP contribution >= 0.6 is 22.3 Å². The topological polar surface area (TPSA) is 43.4 Å². The molecule has 0 N–H and O–H groups in total. The summed E-state index contributed by atoms with van der Waals surface area (Å²) in [6, 6.07) is 3.51. The normalized spacial score (nSPS) is 11.8. The third kappa shape index (κ3) is 3.77. The molecule has 90 valence electrons. The van der Waals surface area contributed by atoms with Crippen LogP contribution in [0.5, 0.6) is 5.75 Å². The Morgan fingerprint density at radius 3 is 2.50 bits per heavy atom. The van der Waals surface area contributed by atoms with Crippen LogP contribution in [0.1, 0.15) is 0 Å². The summed E-state index contributed by atoms with van der Waals surface area (Å²) in [6.45, 7) is -0.916. The molecule has 16 heavy (non-hydrogen) atoms. The van der Waals surface area contributed by atoms with Crippen molar-refractivity contribution < 1.29 is 21.9 Å². The van der Waals surface area contributed by atoms with E-state index in [1.165, 1.54) is 12.1 Å². The largest absolute Gasteiger partial charge is 0.486 e. The maximum absolute atomic E-state index is 11.9. The van der Waals surface area contributed by atoms with Crippen LogP contribution in [0.2, 0.25) is 5.02 Å². The van der Waals surface area contributed by atoms with Gasteiger partial charge in [-0.15, -0.1) is 0 Å². The van der Waals surface area contributed by atoms with Gasteiger partial charge in [-0.05, 0) is 18.2 Å². The SMILES string of the molecule is O=S(=O)(Cl)c1cc(Cl)ccc1OCC(F)F. The van der Waals surface area contributed by atoms with Gasteiger partial charge in [0.25, 0.3) is 15.5 Å². The Hall–Kier alpha value is -0.590. The molecule has 0 amide bonds. The first-order valence-electron chi connectivity index (χ1n) is 3.96. The lowest BCUT2D eigenvalue weighted by Crippen LogP contribution is -2.09. The number of ether oxygens (including phenoxy) is 1. The molecule has 0 aliphatic carbocycles. The second-order valence-corrected chi connectivity index (χ2v) is 5.70. The average Bonchev–Trinajstić information content (AvgIpc) is 2.14. The lowest BCUT2D eigenvalue weighted by Gasteiger charge is -2.09. The number of halogens is 4. The first-order chi connectivity index (χ1) is 7.30. The van der Waals surface area contributed by atoms with Crippen molar-refractivity contribution in [3.05, 3.63) is 23.2 Å². The van der Waals surface area contributed by atoms with Gasteiger partial charge in [0, 0.05) is 15.7 Å². The zero-order valence-electron chi connectivity index (χ0n) is 7.66. The molecule has 0 saturated carbocycles. The molecule has 1 aromatic carbocycles. The number of hydrogen-bond donors (Lipinski definition) is 0. The van der Waals surface area contributed by atoms with Gasteiger partial charge in [-0.1, -0.05) is 11.6 Å². The van der Waals surface area contributed by atoms with Crippen molar-refractivity contribution in [1.29, 1.82) is 0 Å². The predicted octanol–water partition coefficient (Wildman–Crippen LogP) is 2.91. The van der Waals surface area contributed by atoms with E-state index in [1.807, 2.05) is 0 Å². The van der Waals surface area contributed by atoms with Crippen molar-refractivity contribution in [3.8, 4) is 5.75 Å². The van der Waals surface area contributed by atoms with Crippen molar-refractivity contribution in [2.24, 2.45) is 0 Å². The van der Waals surface area contributed by atoms with E-state index >= 15 is 0 Å². The minimum atomic E-state index is -4.09. The number of rotatable bonds is 4. The van der Waals surface area contributed by atoms with E-state index in [2.05, 4.69) is 4.74 Å². The smallest absolute Gasteiger partial charge is 0.272 e. The maximum atomic E-state index is 11.9. The van der Waals surface area contributed by atoms with Gasteiger partial charge in [-0.25, -0.2) is 17.2 Å². The van der Waals surface area contributed by atoms with Gasteiger partial charge in [0.2, 0.25) is 0 Å². The third-order valence-electron chi connectivity index (χ3n) is 1.53. The molecule has 8 heteroatoms. The molecule has 3 nitrogen and oxygen atoms in total. The molecule has 0 aliphatic rings. The summed E-state index contributed by atoms with van der Waals surface area (Å²) >= 11 is 5.56. The number of alkyl halides is 2. The zero-order chi connectivity index (χ0) is 12.3. The standard InChI is InChI=1S/C8H6Cl2F2O3S/c9-5-1-2-6(15-4-8(11)12)7(3-5)16(10,13)14/h1-3,8H,4H2. The fourth-order valence-electron chi connectivity index (χ4n) is 0.944. The second-order valence-electron chi connectivity index (χ2n) is 2.73. The number of hydrogen-bond acceptors (Lipinski definition) is 3. The Kier molecular flexibility index (Phi) is 4.35. The van der Waals surface area contributed by atoms with E-state index in [0.29, 0.717) is 0 Å². The highest BCUT2D eigenvalue weighted by molar-refractivity contribution is 8.13. The lowest BCUT2D eigenvalue weighted by molar-refractivity contribution is 0.0804. The minimum absolute atomic E-state index is 0.114. The van der Waals surface area contributed by atoms with Crippen LogP contribution in [0.15, 0.2) is 23.1 Å². The summed E-state index contributed by atoms with van der Waals surface area (Å²) in [5.74, 6) is -0.250. The fraction of sp³-hybridized carbons (Fsp3) is 0.250. The molecular weight excluding hydrogens is 285 g/mol. The maximum Gasteiger partial charge on any atom is 0.272 e. The summed E-state index contributed by atoms with van der Waals surface area (Å²) < 4.78 is 50.6. The summed E-state index contributed by atoms with van der Waals surface area (Å²) in [5.41, 5.74) is 0. The molecule has 0 bridgehead atoms. The van der Waals surface area contributed by atoms with Gasteiger partial charge in [0.1, 0.15) is 17.3 Å². The van der Waals surface area contributed by atoms with Crippen LogP contribution in [0, 0.1) is 0 Å². The van der Waals surface area contributed by atoms with Crippen molar-refractivity contribution in [1.82, 2.24) is 0 Å². The van der Waals surface area contributed by atoms with Gasteiger partial charge < -0.3 is 4.74 Å². The first-order valence-corrected chi connectivity index (χ1v) is 6.64. The van der Waals surface area contributed by atoms with Gasteiger partial charge >= 0.3 is 0 Å². The van der Waals surface area contributed by atoms with E-state index < -0.39 is 27.0 Å².